The molecule has 0 radical (unpaired) electrons. The fraction of sp³-hybridized carbons (Fsp3) is 0.438. The van der Waals surface area contributed by atoms with E-state index in [0.717, 1.165) is 29.7 Å². The van der Waals surface area contributed by atoms with Gasteiger partial charge in [-0.2, -0.15) is 0 Å². The standard InChI is InChI=1S/C16H21N3OS/c1-10-5-4-6-12-13(17)15(21-14(10)12)16(20)19-8-7-18(3)9-11(19)2/h4-6,11H,7-9,17H2,1-3H3. The van der Waals surface area contributed by atoms with Gasteiger partial charge in [-0.25, -0.2) is 0 Å². The largest absolute Gasteiger partial charge is 0.397 e. The van der Waals surface area contributed by atoms with Gasteiger partial charge < -0.3 is 15.5 Å². The van der Waals surface area contributed by atoms with Crippen molar-refractivity contribution < 1.29 is 4.79 Å². The summed E-state index contributed by atoms with van der Waals surface area (Å²) < 4.78 is 1.13. The minimum atomic E-state index is 0.0775. The summed E-state index contributed by atoms with van der Waals surface area (Å²) in [5.41, 5.74) is 8.05. The van der Waals surface area contributed by atoms with E-state index in [1.165, 1.54) is 16.9 Å². The van der Waals surface area contributed by atoms with Gasteiger partial charge in [-0.3, -0.25) is 4.79 Å². The number of aryl methyl sites for hydroxylation is 1. The Bertz CT molecular complexity index is 694. The van der Waals surface area contributed by atoms with Crippen molar-refractivity contribution in [3.8, 4) is 0 Å². The smallest absolute Gasteiger partial charge is 0.266 e. The monoisotopic (exact) mass is 303 g/mol. The Morgan fingerprint density at radius 1 is 1.38 bits per heavy atom. The van der Waals surface area contributed by atoms with Gasteiger partial charge in [0.05, 0.1) is 5.69 Å². The van der Waals surface area contributed by atoms with E-state index in [4.69, 9.17) is 5.73 Å². The summed E-state index contributed by atoms with van der Waals surface area (Å²) in [4.78, 5) is 17.8. The van der Waals surface area contributed by atoms with Gasteiger partial charge in [-0.15, -0.1) is 11.3 Å². The lowest BCUT2D eigenvalue weighted by atomic mass is 10.1. The van der Waals surface area contributed by atoms with Crippen molar-refractivity contribution >= 4 is 33.0 Å². The first kappa shape index (κ1) is 14.4. The summed E-state index contributed by atoms with van der Waals surface area (Å²) in [5.74, 6) is 0.0775. The Kier molecular flexibility index (Phi) is 3.63. The average Bonchev–Trinajstić information content (AvgIpc) is 2.77. The van der Waals surface area contributed by atoms with E-state index in [-0.39, 0.29) is 11.9 Å². The van der Waals surface area contributed by atoms with Crippen molar-refractivity contribution in [2.75, 3.05) is 32.4 Å². The van der Waals surface area contributed by atoms with E-state index >= 15 is 0 Å². The van der Waals surface area contributed by atoms with E-state index < -0.39 is 0 Å². The highest BCUT2D eigenvalue weighted by molar-refractivity contribution is 7.21. The number of carbonyl (C=O) groups is 1. The molecule has 1 unspecified atom stereocenters. The van der Waals surface area contributed by atoms with Crippen LogP contribution in [0.2, 0.25) is 0 Å². The number of likely N-dealkylation sites (N-methyl/N-ethyl adjacent to an activating group) is 1. The van der Waals surface area contributed by atoms with Crippen molar-refractivity contribution in [1.29, 1.82) is 0 Å². The van der Waals surface area contributed by atoms with Gasteiger partial charge in [-0.05, 0) is 26.5 Å². The van der Waals surface area contributed by atoms with Gasteiger partial charge in [0, 0.05) is 35.8 Å². The molecule has 112 valence electrons. The Morgan fingerprint density at radius 2 is 2.14 bits per heavy atom. The second-order valence-corrected chi connectivity index (χ2v) is 6.93. The van der Waals surface area contributed by atoms with E-state index in [9.17, 15) is 4.79 Å². The minimum Gasteiger partial charge on any atom is -0.397 e. The first-order valence-electron chi connectivity index (χ1n) is 7.26. The SMILES string of the molecule is Cc1cccc2c(N)c(C(=O)N3CCN(C)CC3C)sc12. The number of hydrogen-bond acceptors (Lipinski definition) is 4. The molecule has 1 aromatic heterocycles. The van der Waals surface area contributed by atoms with Gasteiger partial charge in [-0.1, -0.05) is 18.2 Å². The number of piperazine rings is 1. The van der Waals surface area contributed by atoms with E-state index in [1.54, 1.807) is 0 Å². The highest BCUT2D eigenvalue weighted by Gasteiger charge is 2.29. The average molecular weight is 303 g/mol. The maximum Gasteiger partial charge on any atom is 0.266 e. The van der Waals surface area contributed by atoms with Gasteiger partial charge >= 0.3 is 0 Å². The first-order chi connectivity index (χ1) is 9.99. The van der Waals surface area contributed by atoms with E-state index in [2.05, 4.69) is 31.9 Å². The molecule has 2 heterocycles. The minimum absolute atomic E-state index is 0.0775. The van der Waals surface area contributed by atoms with Gasteiger partial charge in [0.15, 0.2) is 0 Å². The molecule has 1 fully saturated rings. The van der Waals surface area contributed by atoms with Crippen LogP contribution in [0, 0.1) is 6.92 Å². The molecule has 0 saturated carbocycles. The maximum absolute atomic E-state index is 12.9. The second kappa shape index (κ2) is 5.31. The lowest BCUT2D eigenvalue weighted by Crippen LogP contribution is -2.52. The number of hydrogen-bond donors (Lipinski definition) is 1. The topological polar surface area (TPSA) is 49.6 Å². The van der Waals surface area contributed by atoms with E-state index in [0.29, 0.717) is 10.6 Å². The van der Waals surface area contributed by atoms with Crippen molar-refractivity contribution in [3.63, 3.8) is 0 Å². The number of nitrogens with two attached hydrogens (primary N) is 1. The highest BCUT2D eigenvalue weighted by atomic mass is 32.1. The van der Waals surface area contributed by atoms with Crippen LogP contribution in [0.1, 0.15) is 22.2 Å². The molecule has 5 heteroatoms. The quantitative estimate of drug-likeness (QED) is 0.881. The lowest BCUT2D eigenvalue weighted by molar-refractivity contribution is 0.0539. The number of fused-ring (bicyclic) bond motifs is 1. The predicted octanol–water partition coefficient (Wildman–Crippen LogP) is 2.57. The van der Waals surface area contributed by atoms with Gasteiger partial charge in [0.1, 0.15) is 4.88 Å². The van der Waals surface area contributed by atoms with Crippen molar-refractivity contribution in [3.05, 3.63) is 28.6 Å². The predicted molar refractivity (Wildman–Crippen MR) is 89.0 cm³/mol. The number of amides is 1. The number of benzene rings is 1. The molecule has 0 spiro atoms. The molecular weight excluding hydrogens is 282 g/mol. The van der Waals surface area contributed by atoms with E-state index in [1.807, 2.05) is 17.0 Å². The summed E-state index contributed by atoms with van der Waals surface area (Å²) >= 11 is 1.53. The second-order valence-electron chi connectivity index (χ2n) is 5.91. The van der Waals surface area contributed by atoms with Crippen LogP contribution in [0.3, 0.4) is 0 Å². The van der Waals surface area contributed by atoms with Crippen LogP contribution in [0.4, 0.5) is 5.69 Å². The number of nitrogens with zero attached hydrogens (tertiary/aromatic N) is 2. The lowest BCUT2D eigenvalue weighted by Gasteiger charge is -2.38. The molecular formula is C16H21N3OS. The summed E-state index contributed by atoms with van der Waals surface area (Å²) in [6, 6.07) is 6.28. The number of anilines is 1. The number of nitrogen functional groups attached to an aromatic ring is 1. The summed E-state index contributed by atoms with van der Waals surface area (Å²) in [5, 5.41) is 1.00. The molecule has 1 aromatic carbocycles. The maximum atomic E-state index is 12.9. The molecule has 21 heavy (non-hydrogen) atoms. The normalized spacial score (nSPS) is 20.1. The molecule has 2 aromatic rings. The highest BCUT2D eigenvalue weighted by Crippen LogP contribution is 2.36. The molecule has 4 nitrogen and oxygen atoms in total. The molecule has 1 aliphatic rings. The number of rotatable bonds is 1. The Morgan fingerprint density at radius 3 is 2.81 bits per heavy atom. The Balaban J connectivity index is 1.98. The van der Waals surface area contributed by atoms with Crippen LogP contribution >= 0.6 is 11.3 Å². The summed E-state index contributed by atoms with van der Waals surface area (Å²) in [7, 11) is 2.09. The molecule has 0 bridgehead atoms. The fourth-order valence-electron chi connectivity index (χ4n) is 3.01. The van der Waals surface area contributed by atoms with Crippen LogP contribution in [0.15, 0.2) is 18.2 Å². The number of carbonyl (C=O) groups excluding carboxylic acids is 1. The van der Waals surface area contributed by atoms with Crippen molar-refractivity contribution in [2.45, 2.75) is 19.9 Å². The zero-order valence-electron chi connectivity index (χ0n) is 12.7. The van der Waals surface area contributed by atoms with Crippen molar-refractivity contribution in [2.24, 2.45) is 0 Å². The fourth-order valence-corrected chi connectivity index (χ4v) is 4.16. The zero-order chi connectivity index (χ0) is 15.1. The Hall–Kier alpha value is -1.59. The Labute approximate surface area is 129 Å². The van der Waals surface area contributed by atoms with Crippen LogP contribution in [-0.2, 0) is 0 Å². The third kappa shape index (κ3) is 2.40. The summed E-state index contributed by atoms with van der Waals surface area (Å²) in [6.07, 6.45) is 0. The number of thiophene rings is 1. The molecule has 3 rings (SSSR count). The van der Waals surface area contributed by atoms with Crippen LogP contribution < -0.4 is 5.73 Å². The van der Waals surface area contributed by atoms with Crippen LogP contribution in [-0.4, -0.2) is 48.4 Å². The first-order valence-corrected chi connectivity index (χ1v) is 8.07. The molecule has 1 aliphatic heterocycles. The van der Waals surface area contributed by atoms with Gasteiger partial charge in [0.25, 0.3) is 5.91 Å². The molecule has 1 saturated heterocycles. The molecule has 1 atom stereocenters. The van der Waals surface area contributed by atoms with Crippen molar-refractivity contribution in [1.82, 2.24) is 9.80 Å². The third-order valence-corrected chi connectivity index (χ3v) is 5.58. The summed E-state index contributed by atoms with van der Waals surface area (Å²) in [6.45, 7) is 6.76. The molecule has 0 aliphatic carbocycles. The zero-order valence-corrected chi connectivity index (χ0v) is 13.5. The molecule has 2 N–H and O–H groups in total. The van der Waals surface area contributed by atoms with Crippen LogP contribution in [0.25, 0.3) is 10.1 Å². The van der Waals surface area contributed by atoms with Crippen LogP contribution in [0.5, 0.6) is 0 Å². The third-order valence-electron chi connectivity index (χ3n) is 4.24. The van der Waals surface area contributed by atoms with Gasteiger partial charge in [0.2, 0.25) is 0 Å². The molecule has 1 amide bonds.